The molecule has 2 saturated carbocycles. The summed E-state index contributed by atoms with van der Waals surface area (Å²) in [5.74, 6) is 2.79. The molecule has 6 atom stereocenters. The molecule has 3 aliphatic carbocycles. The third-order valence-electron chi connectivity index (χ3n) is 6.92. The molecule has 20 heavy (non-hydrogen) atoms. The van der Waals surface area contributed by atoms with Crippen molar-refractivity contribution in [1.82, 2.24) is 0 Å². The van der Waals surface area contributed by atoms with Crippen LogP contribution in [0.15, 0.2) is 24.3 Å². The fourth-order valence-corrected chi connectivity index (χ4v) is 5.86. The van der Waals surface area contributed by atoms with E-state index in [1.807, 2.05) is 0 Å². The van der Waals surface area contributed by atoms with Gasteiger partial charge in [0.25, 0.3) is 0 Å². The molecule has 0 bridgehead atoms. The molecule has 6 unspecified atom stereocenters. The van der Waals surface area contributed by atoms with Gasteiger partial charge in [-0.05, 0) is 72.3 Å². The lowest BCUT2D eigenvalue weighted by atomic mass is 9.55. The lowest BCUT2D eigenvalue weighted by Gasteiger charge is -2.50. The Bertz CT molecular complexity index is 522. The lowest BCUT2D eigenvalue weighted by Crippen LogP contribution is -2.44. The SMILES string of the molecule is CC1CC2C3CCc4ccccc4C3CCC2(C)C1O. The normalized spacial score (nSPS) is 46.5. The predicted molar refractivity (Wildman–Crippen MR) is 81.6 cm³/mol. The average Bonchev–Trinajstić information content (AvgIpc) is 2.71. The van der Waals surface area contributed by atoms with Crippen LogP contribution in [0.5, 0.6) is 0 Å². The van der Waals surface area contributed by atoms with Crippen molar-refractivity contribution < 1.29 is 5.11 Å². The summed E-state index contributed by atoms with van der Waals surface area (Å²) in [5.41, 5.74) is 3.40. The topological polar surface area (TPSA) is 20.2 Å². The standard InChI is InChI=1S/C19H26O/c1-12-11-17-16-8-7-13-5-3-4-6-14(13)15(16)9-10-19(17,2)18(12)20/h3-6,12,15-18,20H,7-11H2,1-2H3. The Labute approximate surface area is 122 Å². The van der Waals surface area contributed by atoms with Crippen LogP contribution in [0.2, 0.25) is 0 Å². The molecule has 108 valence electrons. The molecule has 0 spiro atoms. The van der Waals surface area contributed by atoms with Crippen LogP contribution < -0.4 is 0 Å². The predicted octanol–water partition coefficient (Wildman–Crippen LogP) is 4.15. The van der Waals surface area contributed by atoms with Gasteiger partial charge in [-0.2, -0.15) is 0 Å². The molecule has 2 fully saturated rings. The van der Waals surface area contributed by atoms with Crippen LogP contribution >= 0.6 is 0 Å². The van der Waals surface area contributed by atoms with Gasteiger partial charge in [0, 0.05) is 0 Å². The average molecular weight is 270 g/mol. The van der Waals surface area contributed by atoms with Crippen molar-refractivity contribution in [2.45, 2.75) is 58.0 Å². The van der Waals surface area contributed by atoms with Gasteiger partial charge in [0.1, 0.15) is 0 Å². The van der Waals surface area contributed by atoms with Crippen molar-refractivity contribution in [2.75, 3.05) is 0 Å². The van der Waals surface area contributed by atoms with Crippen molar-refractivity contribution in [1.29, 1.82) is 0 Å². The van der Waals surface area contributed by atoms with E-state index in [4.69, 9.17) is 0 Å². The van der Waals surface area contributed by atoms with E-state index < -0.39 is 0 Å². The first-order valence-electron chi connectivity index (χ1n) is 8.37. The van der Waals surface area contributed by atoms with E-state index in [9.17, 15) is 5.11 Å². The van der Waals surface area contributed by atoms with Crippen molar-refractivity contribution in [3.05, 3.63) is 35.4 Å². The van der Waals surface area contributed by atoms with E-state index in [2.05, 4.69) is 38.1 Å². The van der Waals surface area contributed by atoms with Crippen LogP contribution in [0.1, 0.15) is 56.6 Å². The molecule has 0 aliphatic heterocycles. The summed E-state index contributed by atoms with van der Waals surface area (Å²) in [6.45, 7) is 4.61. The minimum Gasteiger partial charge on any atom is -0.392 e. The molecule has 1 aromatic carbocycles. The summed E-state index contributed by atoms with van der Waals surface area (Å²) in [4.78, 5) is 0. The van der Waals surface area contributed by atoms with Gasteiger partial charge in [-0.15, -0.1) is 0 Å². The Morgan fingerprint density at radius 2 is 2.00 bits per heavy atom. The van der Waals surface area contributed by atoms with E-state index in [0.717, 1.165) is 17.8 Å². The van der Waals surface area contributed by atoms with E-state index in [0.29, 0.717) is 5.92 Å². The molecule has 0 heterocycles. The maximum atomic E-state index is 10.6. The van der Waals surface area contributed by atoms with Crippen LogP contribution in [0, 0.1) is 23.2 Å². The molecule has 0 radical (unpaired) electrons. The van der Waals surface area contributed by atoms with Crippen LogP contribution in [0.4, 0.5) is 0 Å². The number of aliphatic hydroxyl groups is 1. The monoisotopic (exact) mass is 270 g/mol. The lowest BCUT2D eigenvalue weighted by molar-refractivity contribution is -0.0309. The number of benzene rings is 1. The molecule has 0 saturated heterocycles. The molecular formula is C19H26O. The van der Waals surface area contributed by atoms with Crippen molar-refractivity contribution in [3.8, 4) is 0 Å². The molecule has 1 aromatic rings. The van der Waals surface area contributed by atoms with E-state index in [-0.39, 0.29) is 11.5 Å². The second kappa shape index (κ2) is 4.34. The number of hydrogen-bond donors (Lipinski definition) is 1. The highest BCUT2D eigenvalue weighted by Gasteiger charge is 2.56. The third-order valence-corrected chi connectivity index (χ3v) is 6.92. The minimum atomic E-state index is -0.0781. The molecular weight excluding hydrogens is 244 g/mol. The number of hydrogen-bond acceptors (Lipinski definition) is 1. The molecule has 1 N–H and O–H groups in total. The smallest absolute Gasteiger partial charge is 0.0622 e. The van der Waals surface area contributed by atoms with Gasteiger partial charge in [0.05, 0.1) is 6.10 Å². The Balaban J connectivity index is 1.72. The highest BCUT2D eigenvalue weighted by molar-refractivity contribution is 5.35. The first-order chi connectivity index (χ1) is 9.61. The Kier molecular flexibility index (Phi) is 2.79. The molecule has 0 amide bonds. The molecule has 4 rings (SSSR count). The number of aliphatic hydroxyl groups excluding tert-OH is 1. The summed E-state index contributed by atoms with van der Waals surface area (Å²) in [6, 6.07) is 9.09. The van der Waals surface area contributed by atoms with E-state index >= 15 is 0 Å². The summed E-state index contributed by atoms with van der Waals surface area (Å²) in [5, 5.41) is 10.6. The van der Waals surface area contributed by atoms with Gasteiger partial charge >= 0.3 is 0 Å². The minimum absolute atomic E-state index is 0.0781. The van der Waals surface area contributed by atoms with Crippen LogP contribution in [0.25, 0.3) is 0 Å². The number of rotatable bonds is 0. The zero-order chi connectivity index (χ0) is 13.9. The first kappa shape index (κ1) is 12.9. The number of fused-ring (bicyclic) bond motifs is 5. The number of aryl methyl sites for hydroxylation is 1. The van der Waals surface area contributed by atoms with E-state index in [1.54, 1.807) is 11.1 Å². The van der Waals surface area contributed by atoms with Crippen LogP contribution in [-0.2, 0) is 6.42 Å². The first-order valence-corrected chi connectivity index (χ1v) is 8.37. The van der Waals surface area contributed by atoms with Gasteiger partial charge < -0.3 is 5.11 Å². The van der Waals surface area contributed by atoms with Gasteiger partial charge in [-0.25, -0.2) is 0 Å². The molecule has 0 aromatic heterocycles. The van der Waals surface area contributed by atoms with E-state index in [1.165, 1.54) is 32.1 Å². The van der Waals surface area contributed by atoms with Crippen molar-refractivity contribution in [3.63, 3.8) is 0 Å². The maximum Gasteiger partial charge on any atom is 0.0622 e. The second-order valence-electron chi connectivity index (χ2n) is 7.82. The summed E-state index contributed by atoms with van der Waals surface area (Å²) < 4.78 is 0. The molecule has 3 aliphatic rings. The quantitative estimate of drug-likeness (QED) is 0.751. The van der Waals surface area contributed by atoms with Gasteiger partial charge in [0.15, 0.2) is 0 Å². The Hall–Kier alpha value is -0.820. The molecule has 1 nitrogen and oxygen atoms in total. The summed E-state index contributed by atoms with van der Waals surface area (Å²) in [7, 11) is 0. The largest absolute Gasteiger partial charge is 0.392 e. The van der Waals surface area contributed by atoms with Crippen molar-refractivity contribution in [2.24, 2.45) is 23.2 Å². The zero-order valence-corrected chi connectivity index (χ0v) is 12.7. The van der Waals surface area contributed by atoms with Gasteiger partial charge in [-0.3, -0.25) is 0 Å². The van der Waals surface area contributed by atoms with Gasteiger partial charge in [-0.1, -0.05) is 38.1 Å². The maximum absolute atomic E-state index is 10.6. The van der Waals surface area contributed by atoms with Gasteiger partial charge in [0.2, 0.25) is 0 Å². The summed E-state index contributed by atoms with van der Waals surface area (Å²) >= 11 is 0. The van der Waals surface area contributed by atoms with Crippen LogP contribution in [-0.4, -0.2) is 11.2 Å². The Morgan fingerprint density at radius 3 is 2.85 bits per heavy atom. The van der Waals surface area contributed by atoms with Crippen LogP contribution in [0.3, 0.4) is 0 Å². The molecule has 1 heteroatoms. The highest BCUT2D eigenvalue weighted by Crippen LogP contribution is 2.62. The second-order valence-corrected chi connectivity index (χ2v) is 7.82. The summed E-state index contributed by atoms with van der Waals surface area (Å²) in [6.07, 6.45) is 6.22. The third kappa shape index (κ3) is 1.59. The van der Waals surface area contributed by atoms with Crippen molar-refractivity contribution >= 4 is 0 Å². The Morgan fingerprint density at radius 1 is 1.20 bits per heavy atom. The fraction of sp³-hybridized carbons (Fsp3) is 0.684. The zero-order valence-electron chi connectivity index (χ0n) is 12.7. The highest BCUT2D eigenvalue weighted by atomic mass is 16.3. The fourth-order valence-electron chi connectivity index (χ4n) is 5.86.